The molecule has 3 aromatic rings. The van der Waals surface area contributed by atoms with Gasteiger partial charge in [0.1, 0.15) is 17.1 Å². The molecule has 46 heavy (non-hydrogen) atoms. The van der Waals surface area contributed by atoms with E-state index >= 15 is 0 Å². The van der Waals surface area contributed by atoms with Gasteiger partial charge in [0.15, 0.2) is 0 Å². The minimum absolute atomic E-state index is 0.0339. The second-order valence-electron chi connectivity index (χ2n) is 11.4. The van der Waals surface area contributed by atoms with Gasteiger partial charge in [0.05, 0.1) is 36.0 Å². The Kier molecular flexibility index (Phi) is 9.50. The van der Waals surface area contributed by atoms with Gasteiger partial charge in [-0.2, -0.15) is 26.3 Å². The number of amides is 1. The van der Waals surface area contributed by atoms with E-state index in [1.807, 2.05) is 24.0 Å². The number of hydrogen-bond donors (Lipinski definition) is 0. The number of carbonyl (C=O) groups excluding carboxylic acids is 2. The largest absolute Gasteiger partial charge is 0.492 e. The highest BCUT2D eigenvalue weighted by atomic mass is 19.4. The van der Waals surface area contributed by atoms with Crippen molar-refractivity contribution in [2.45, 2.75) is 52.0 Å². The number of alkyl halides is 6. The summed E-state index contributed by atoms with van der Waals surface area (Å²) >= 11 is 0. The molecule has 2 aromatic carbocycles. The number of halogens is 6. The number of aromatic nitrogens is 1. The lowest BCUT2D eigenvalue weighted by molar-refractivity contribution is -0.148. The predicted octanol–water partition coefficient (Wildman–Crippen LogP) is 7.30. The molecule has 0 unspecified atom stereocenters. The predicted molar refractivity (Wildman–Crippen MR) is 157 cm³/mol. The Morgan fingerprint density at radius 2 is 1.63 bits per heavy atom. The van der Waals surface area contributed by atoms with E-state index in [9.17, 15) is 35.9 Å². The Morgan fingerprint density at radius 1 is 0.978 bits per heavy atom. The van der Waals surface area contributed by atoms with E-state index in [1.54, 1.807) is 25.1 Å². The molecule has 1 fully saturated rings. The average molecular weight is 650 g/mol. The molecule has 1 amide bonds. The Morgan fingerprint density at radius 3 is 2.24 bits per heavy atom. The molecule has 7 nitrogen and oxygen atoms in total. The van der Waals surface area contributed by atoms with E-state index in [1.165, 1.54) is 4.90 Å². The minimum Gasteiger partial charge on any atom is -0.492 e. The first-order chi connectivity index (χ1) is 21.8. The molecule has 0 bridgehead atoms. The van der Waals surface area contributed by atoms with Crippen molar-refractivity contribution in [2.24, 2.45) is 5.92 Å². The molecule has 246 valence electrons. The summed E-state index contributed by atoms with van der Waals surface area (Å²) < 4.78 is 92.7. The fourth-order valence-corrected chi connectivity index (χ4v) is 5.81. The Hall–Kier alpha value is -4.29. The Balaban J connectivity index is 1.55. The minimum atomic E-state index is -5.01. The number of fused-ring (bicyclic) bond motifs is 1. The van der Waals surface area contributed by atoms with Crippen LogP contribution in [0.2, 0.25) is 0 Å². The van der Waals surface area contributed by atoms with Crippen molar-refractivity contribution in [1.29, 1.82) is 0 Å². The van der Waals surface area contributed by atoms with E-state index in [2.05, 4.69) is 0 Å². The lowest BCUT2D eigenvalue weighted by Crippen LogP contribution is -2.38. The number of benzene rings is 2. The van der Waals surface area contributed by atoms with Crippen LogP contribution in [0, 0.1) is 12.8 Å². The molecule has 13 heteroatoms. The first-order valence-electron chi connectivity index (χ1n) is 15.0. The molecule has 0 saturated carbocycles. The van der Waals surface area contributed by atoms with E-state index in [4.69, 9.17) is 14.5 Å². The highest BCUT2D eigenvalue weighted by molar-refractivity contribution is 6.03. The van der Waals surface area contributed by atoms with Gasteiger partial charge >= 0.3 is 18.3 Å². The Labute approximate surface area is 262 Å². The van der Waals surface area contributed by atoms with E-state index in [0.717, 1.165) is 5.56 Å². The van der Waals surface area contributed by atoms with Crippen LogP contribution in [0.25, 0.3) is 11.3 Å². The number of rotatable bonds is 6. The number of nitrogens with zero attached hydrogens (tertiary/aromatic N) is 3. The summed E-state index contributed by atoms with van der Waals surface area (Å²) in [4.78, 5) is 34.6. The van der Waals surface area contributed by atoms with Crippen molar-refractivity contribution in [3.63, 3.8) is 0 Å². The van der Waals surface area contributed by atoms with Crippen LogP contribution in [0.1, 0.15) is 58.8 Å². The third-order valence-corrected chi connectivity index (χ3v) is 8.16. The van der Waals surface area contributed by atoms with Crippen LogP contribution in [0.4, 0.5) is 32.2 Å². The van der Waals surface area contributed by atoms with Gasteiger partial charge in [-0.05, 0) is 62.4 Å². The average Bonchev–Trinajstić information content (AvgIpc) is 3.00. The van der Waals surface area contributed by atoms with Gasteiger partial charge in [0.2, 0.25) is 0 Å². The first-order valence-corrected chi connectivity index (χ1v) is 15.0. The normalized spacial score (nSPS) is 16.4. The smallest absolute Gasteiger partial charge is 0.416 e. The zero-order chi connectivity index (χ0) is 33.2. The van der Waals surface area contributed by atoms with Crippen molar-refractivity contribution in [3.8, 4) is 17.0 Å². The molecular formula is C33H33F6N3O4. The summed E-state index contributed by atoms with van der Waals surface area (Å²) in [6, 6.07) is 10.2. The fraction of sp³-hybridized carbons (Fsp3) is 0.424. The monoisotopic (exact) mass is 649 g/mol. The number of pyridine rings is 1. The van der Waals surface area contributed by atoms with Crippen LogP contribution in [-0.2, 0) is 28.4 Å². The van der Waals surface area contributed by atoms with Crippen molar-refractivity contribution in [2.75, 3.05) is 37.7 Å². The lowest BCUT2D eigenvalue weighted by Gasteiger charge is -2.33. The third-order valence-electron chi connectivity index (χ3n) is 8.16. The first kappa shape index (κ1) is 33.1. The quantitative estimate of drug-likeness (QED) is 0.206. The number of esters is 1. The highest BCUT2D eigenvalue weighted by Gasteiger charge is 2.38. The molecule has 0 radical (unpaired) electrons. The van der Waals surface area contributed by atoms with E-state index in [-0.39, 0.29) is 53.7 Å². The molecule has 0 atom stereocenters. The van der Waals surface area contributed by atoms with Gasteiger partial charge in [-0.15, -0.1) is 0 Å². The van der Waals surface area contributed by atoms with Gasteiger partial charge in [-0.25, -0.2) is 4.98 Å². The van der Waals surface area contributed by atoms with E-state index < -0.39 is 35.9 Å². The van der Waals surface area contributed by atoms with Crippen LogP contribution in [0.15, 0.2) is 48.5 Å². The molecule has 2 aliphatic heterocycles. The van der Waals surface area contributed by atoms with Crippen molar-refractivity contribution in [3.05, 3.63) is 76.3 Å². The van der Waals surface area contributed by atoms with Gasteiger partial charge < -0.3 is 19.3 Å². The number of hydrogen-bond acceptors (Lipinski definition) is 6. The van der Waals surface area contributed by atoms with Crippen LogP contribution >= 0.6 is 0 Å². The summed E-state index contributed by atoms with van der Waals surface area (Å²) in [6.07, 6.45) is -8.65. The number of piperidine rings is 1. The van der Waals surface area contributed by atoms with Crippen molar-refractivity contribution < 1.29 is 45.4 Å². The topological polar surface area (TPSA) is 72.0 Å². The third kappa shape index (κ3) is 7.23. The maximum atomic E-state index is 14.2. The van der Waals surface area contributed by atoms with Crippen LogP contribution < -0.4 is 9.64 Å². The summed E-state index contributed by atoms with van der Waals surface area (Å²) in [5.74, 6) is -0.376. The number of anilines is 1. The summed E-state index contributed by atoms with van der Waals surface area (Å²) in [5, 5.41) is 0. The molecule has 1 aromatic heterocycles. The molecular weight excluding hydrogens is 616 g/mol. The van der Waals surface area contributed by atoms with Crippen molar-refractivity contribution >= 4 is 17.7 Å². The number of aryl methyl sites for hydroxylation is 1. The van der Waals surface area contributed by atoms with Gasteiger partial charge in [0, 0.05) is 37.8 Å². The SMILES string of the molecule is CCOC(=O)C1CCN(c2cc3c(c(-c4ccccc4C)n2)C(=O)N(Cc2cc(C(F)(F)F)cc(C(F)(F)F)c2)CCCO3)CC1. The zero-order valence-electron chi connectivity index (χ0n) is 25.3. The molecule has 0 aliphatic carbocycles. The second-order valence-corrected chi connectivity index (χ2v) is 11.4. The maximum absolute atomic E-state index is 14.2. The van der Waals surface area contributed by atoms with Gasteiger partial charge in [-0.3, -0.25) is 9.59 Å². The number of ether oxygens (including phenoxy) is 2. The zero-order valence-corrected chi connectivity index (χ0v) is 25.3. The molecule has 2 aliphatic rings. The summed E-state index contributed by atoms with van der Waals surface area (Å²) in [5.41, 5.74) is -1.41. The van der Waals surface area contributed by atoms with E-state index in [0.29, 0.717) is 62.5 Å². The molecule has 0 N–H and O–H groups in total. The van der Waals surface area contributed by atoms with Gasteiger partial charge in [0.25, 0.3) is 5.91 Å². The lowest BCUT2D eigenvalue weighted by atomic mass is 9.96. The highest BCUT2D eigenvalue weighted by Crippen LogP contribution is 2.39. The molecule has 0 spiro atoms. The Bertz CT molecular complexity index is 1570. The summed E-state index contributed by atoms with van der Waals surface area (Å²) in [6.45, 7) is 4.59. The maximum Gasteiger partial charge on any atom is 0.416 e. The fourth-order valence-electron chi connectivity index (χ4n) is 5.81. The molecule has 5 rings (SSSR count). The van der Waals surface area contributed by atoms with Crippen molar-refractivity contribution in [1.82, 2.24) is 9.88 Å². The second kappa shape index (κ2) is 13.2. The van der Waals surface area contributed by atoms with Crippen LogP contribution in [0.3, 0.4) is 0 Å². The molecule has 3 heterocycles. The molecule has 1 saturated heterocycles. The number of carbonyl (C=O) groups is 2. The summed E-state index contributed by atoms with van der Waals surface area (Å²) in [7, 11) is 0. The van der Waals surface area contributed by atoms with Crippen LogP contribution in [0.5, 0.6) is 5.75 Å². The van der Waals surface area contributed by atoms with Gasteiger partial charge in [-0.1, -0.05) is 24.3 Å². The van der Waals surface area contributed by atoms with Crippen LogP contribution in [-0.4, -0.2) is 54.6 Å². The standard InChI is InChI=1S/C33H33F6N3O4/c1-3-45-31(44)22-9-12-41(13-10-22)27-18-26-28(29(40-27)25-8-5-4-7-20(25)2)30(43)42(11-6-14-46-26)19-21-15-23(32(34,35)36)17-24(16-21)33(37,38)39/h4-5,7-8,15-18,22H,3,6,9-14,19H2,1-2H3.